The summed E-state index contributed by atoms with van der Waals surface area (Å²) in [6, 6.07) is 9.37. The van der Waals surface area contributed by atoms with Gasteiger partial charge in [0.05, 0.1) is 0 Å². The Labute approximate surface area is 92.9 Å². The van der Waals surface area contributed by atoms with E-state index in [0.717, 1.165) is 5.92 Å². The highest BCUT2D eigenvalue weighted by Gasteiger charge is 2.27. The van der Waals surface area contributed by atoms with E-state index in [1.54, 1.807) is 0 Å². The van der Waals surface area contributed by atoms with Crippen molar-refractivity contribution in [1.29, 1.82) is 0 Å². The molecule has 1 aliphatic rings. The van der Waals surface area contributed by atoms with Crippen molar-refractivity contribution < 1.29 is 0 Å². The van der Waals surface area contributed by atoms with Gasteiger partial charge in [-0.25, -0.2) is 0 Å². The van der Waals surface area contributed by atoms with Gasteiger partial charge in [0, 0.05) is 17.6 Å². The highest BCUT2D eigenvalue weighted by Crippen LogP contribution is 2.38. The fraction of sp³-hybridized carbons (Fsp3) is 0.571. The van der Waals surface area contributed by atoms with Gasteiger partial charge >= 0.3 is 0 Å². The minimum Gasteiger partial charge on any atom is -0.382 e. The second kappa shape index (κ2) is 4.69. The molecule has 1 heteroatoms. The van der Waals surface area contributed by atoms with E-state index in [0.29, 0.717) is 6.04 Å². The number of fused-ring (bicyclic) bond motifs is 1. The predicted octanol–water partition coefficient (Wildman–Crippen LogP) is 4.16. The van der Waals surface area contributed by atoms with Crippen LogP contribution in [0.3, 0.4) is 0 Å². The fourth-order valence-corrected chi connectivity index (χ4v) is 2.59. The van der Waals surface area contributed by atoms with Crippen molar-refractivity contribution >= 4 is 5.69 Å². The molecule has 1 aliphatic heterocycles. The monoisotopic (exact) mass is 203 g/mol. The Bertz CT molecular complexity index is 319. The summed E-state index contributed by atoms with van der Waals surface area (Å²) in [6.45, 7) is 4.57. The van der Waals surface area contributed by atoms with Crippen LogP contribution < -0.4 is 5.32 Å². The molecule has 0 fully saturated rings. The van der Waals surface area contributed by atoms with Crippen molar-refractivity contribution in [1.82, 2.24) is 0 Å². The number of anilines is 1. The van der Waals surface area contributed by atoms with Crippen molar-refractivity contribution in [2.45, 2.75) is 51.5 Å². The van der Waals surface area contributed by atoms with Gasteiger partial charge in [0.15, 0.2) is 0 Å². The molecule has 15 heavy (non-hydrogen) atoms. The number of hydrogen-bond donors (Lipinski definition) is 1. The van der Waals surface area contributed by atoms with Gasteiger partial charge in [-0.1, -0.05) is 44.4 Å². The van der Waals surface area contributed by atoms with Gasteiger partial charge in [0.25, 0.3) is 0 Å². The van der Waals surface area contributed by atoms with Gasteiger partial charge in [0.1, 0.15) is 0 Å². The quantitative estimate of drug-likeness (QED) is 0.724. The SMILES string of the molecule is CCCCCC1c2ccccc2NC1C. The fourth-order valence-electron chi connectivity index (χ4n) is 2.59. The number of unbranched alkanes of at least 4 members (excludes halogenated alkanes) is 2. The number of hydrogen-bond acceptors (Lipinski definition) is 1. The van der Waals surface area contributed by atoms with Crippen molar-refractivity contribution in [2.24, 2.45) is 0 Å². The zero-order valence-electron chi connectivity index (χ0n) is 9.79. The molecule has 0 bridgehead atoms. The van der Waals surface area contributed by atoms with E-state index >= 15 is 0 Å². The van der Waals surface area contributed by atoms with E-state index in [4.69, 9.17) is 0 Å². The van der Waals surface area contributed by atoms with Crippen molar-refractivity contribution in [3.63, 3.8) is 0 Å². The second-order valence-electron chi connectivity index (χ2n) is 4.62. The Morgan fingerprint density at radius 2 is 2.00 bits per heavy atom. The van der Waals surface area contributed by atoms with E-state index in [1.165, 1.54) is 36.9 Å². The Balaban J connectivity index is 2.05. The topological polar surface area (TPSA) is 12.0 Å². The van der Waals surface area contributed by atoms with Crippen molar-refractivity contribution in [2.75, 3.05) is 5.32 Å². The van der Waals surface area contributed by atoms with E-state index in [-0.39, 0.29) is 0 Å². The lowest BCUT2D eigenvalue weighted by molar-refractivity contribution is 0.539. The molecule has 2 unspecified atom stereocenters. The third kappa shape index (κ3) is 2.17. The molecule has 1 N–H and O–H groups in total. The minimum atomic E-state index is 0.610. The maximum Gasteiger partial charge on any atom is 0.0378 e. The molecule has 1 heterocycles. The van der Waals surface area contributed by atoms with Crippen LogP contribution in [0.5, 0.6) is 0 Å². The second-order valence-corrected chi connectivity index (χ2v) is 4.62. The lowest BCUT2D eigenvalue weighted by Gasteiger charge is -2.15. The molecular weight excluding hydrogens is 182 g/mol. The number of benzene rings is 1. The van der Waals surface area contributed by atoms with Crippen LogP contribution in [0, 0.1) is 0 Å². The van der Waals surface area contributed by atoms with Crippen LogP contribution in [-0.2, 0) is 0 Å². The van der Waals surface area contributed by atoms with Crippen LogP contribution in [0.15, 0.2) is 24.3 Å². The third-order valence-electron chi connectivity index (χ3n) is 3.47. The summed E-state index contributed by atoms with van der Waals surface area (Å²) in [5.41, 5.74) is 2.88. The van der Waals surface area contributed by atoms with E-state index in [1.807, 2.05) is 0 Å². The van der Waals surface area contributed by atoms with Gasteiger partial charge in [0.2, 0.25) is 0 Å². The molecule has 1 aromatic rings. The molecule has 0 aliphatic carbocycles. The molecule has 0 saturated heterocycles. The first-order valence-electron chi connectivity index (χ1n) is 6.18. The van der Waals surface area contributed by atoms with Crippen LogP contribution in [0.1, 0.15) is 51.0 Å². The normalized spacial score (nSPS) is 23.6. The van der Waals surface area contributed by atoms with Crippen LogP contribution >= 0.6 is 0 Å². The zero-order valence-corrected chi connectivity index (χ0v) is 9.79. The van der Waals surface area contributed by atoms with Gasteiger partial charge in [-0.15, -0.1) is 0 Å². The third-order valence-corrected chi connectivity index (χ3v) is 3.47. The number of rotatable bonds is 4. The zero-order chi connectivity index (χ0) is 10.7. The van der Waals surface area contributed by atoms with Gasteiger partial charge in [-0.3, -0.25) is 0 Å². The largest absolute Gasteiger partial charge is 0.382 e. The molecule has 2 rings (SSSR count). The van der Waals surface area contributed by atoms with Gasteiger partial charge in [-0.2, -0.15) is 0 Å². The highest BCUT2D eigenvalue weighted by molar-refractivity contribution is 5.58. The molecular formula is C14H21N. The Morgan fingerprint density at radius 1 is 1.20 bits per heavy atom. The first kappa shape index (κ1) is 10.5. The molecule has 0 spiro atoms. The van der Waals surface area contributed by atoms with Crippen molar-refractivity contribution in [3.8, 4) is 0 Å². The first-order valence-corrected chi connectivity index (χ1v) is 6.18. The lowest BCUT2D eigenvalue weighted by atomic mass is 9.90. The first-order chi connectivity index (χ1) is 7.33. The van der Waals surface area contributed by atoms with E-state index in [9.17, 15) is 0 Å². The summed E-state index contributed by atoms with van der Waals surface area (Å²) in [4.78, 5) is 0. The van der Waals surface area contributed by atoms with E-state index < -0.39 is 0 Å². The van der Waals surface area contributed by atoms with Crippen LogP contribution in [0.4, 0.5) is 5.69 Å². The molecule has 1 aromatic carbocycles. The summed E-state index contributed by atoms with van der Waals surface area (Å²) in [5, 5.41) is 3.57. The molecule has 1 nitrogen and oxygen atoms in total. The summed E-state index contributed by atoms with van der Waals surface area (Å²) in [7, 11) is 0. The highest BCUT2D eigenvalue weighted by atomic mass is 15.0. The molecule has 82 valence electrons. The summed E-state index contributed by atoms with van der Waals surface area (Å²) >= 11 is 0. The molecule has 0 amide bonds. The standard InChI is InChI=1S/C14H21N/c1-3-4-5-8-12-11(2)15-14-10-7-6-9-13(12)14/h6-7,9-12,15H,3-5,8H2,1-2H3. The Kier molecular flexibility index (Phi) is 3.30. The van der Waals surface area contributed by atoms with Crippen LogP contribution in [0.2, 0.25) is 0 Å². The Hall–Kier alpha value is -0.980. The maximum atomic E-state index is 3.57. The lowest BCUT2D eigenvalue weighted by Crippen LogP contribution is -2.15. The maximum absolute atomic E-state index is 3.57. The summed E-state index contributed by atoms with van der Waals surface area (Å²) < 4.78 is 0. The summed E-state index contributed by atoms with van der Waals surface area (Å²) in [6.07, 6.45) is 5.38. The van der Waals surface area contributed by atoms with Gasteiger partial charge < -0.3 is 5.32 Å². The minimum absolute atomic E-state index is 0.610. The van der Waals surface area contributed by atoms with Crippen LogP contribution in [0.25, 0.3) is 0 Å². The van der Waals surface area contributed by atoms with Gasteiger partial charge in [-0.05, 0) is 25.0 Å². The van der Waals surface area contributed by atoms with E-state index in [2.05, 4.69) is 43.4 Å². The smallest absolute Gasteiger partial charge is 0.0378 e. The molecule has 0 saturated carbocycles. The summed E-state index contributed by atoms with van der Waals surface area (Å²) in [5.74, 6) is 0.729. The molecule has 0 aromatic heterocycles. The average Bonchev–Trinajstić information content (AvgIpc) is 2.56. The Morgan fingerprint density at radius 3 is 2.80 bits per heavy atom. The average molecular weight is 203 g/mol. The van der Waals surface area contributed by atoms with Crippen molar-refractivity contribution in [3.05, 3.63) is 29.8 Å². The molecule has 0 radical (unpaired) electrons. The molecule has 2 atom stereocenters. The predicted molar refractivity (Wildman–Crippen MR) is 66.4 cm³/mol. The van der Waals surface area contributed by atoms with Crippen LogP contribution in [-0.4, -0.2) is 6.04 Å². The number of nitrogens with one attached hydrogen (secondary N) is 1. The number of para-hydroxylation sites is 1.